The van der Waals surface area contributed by atoms with Gasteiger partial charge in [-0.25, -0.2) is 19.3 Å². The van der Waals surface area contributed by atoms with Crippen LogP contribution in [-0.2, 0) is 7.05 Å². The molecule has 0 amide bonds. The van der Waals surface area contributed by atoms with Gasteiger partial charge in [0, 0.05) is 7.05 Å². The van der Waals surface area contributed by atoms with E-state index in [0.717, 1.165) is 0 Å². The van der Waals surface area contributed by atoms with E-state index in [4.69, 9.17) is 23.2 Å². The summed E-state index contributed by atoms with van der Waals surface area (Å²) in [6, 6.07) is 0. The third kappa shape index (κ3) is 1.80. The van der Waals surface area contributed by atoms with Crippen molar-refractivity contribution in [3.63, 3.8) is 0 Å². The van der Waals surface area contributed by atoms with E-state index in [1.54, 1.807) is 24.1 Å². The first-order valence-corrected chi connectivity index (χ1v) is 4.70. The molecule has 15 heavy (non-hydrogen) atoms. The Morgan fingerprint density at radius 2 is 1.87 bits per heavy atom. The summed E-state index contributed by atoms with van der Waals surface area (Å²) in [6.07, 6.45) is 3.11. The highest BCUT2D eigenvalue weighted by Crippen LogP contribution is 2.23. The predicted octanol–water partition coefficient (Wildman–Crippen LogP) is 2.32. The molecular weight excluding hydrogens is 242 g/mol. The van der Waals surface area contributed by atoms with E-state index >= 15 is 0 Å². The van der Waals surface area contributed by atoms with Crippen molar-refractivity contribution in [3.8, 4) is 11.5 Å². The molecule has 0 saturated heterocycles. The Bertz CT molecular complexity index is 488. The molecule has 0 unspecified atom stereocenters. The summed E-state index contributed by atoms with van der Waals surface area (Å²) in [5, 5.41) is -0.600. The lowest BCUT2D eigenvalue weighted by Crippen LogP contribution is -1.98. The van der Waals surface area contributed by atoms with Gasteiger partial charge in [-0.2, -0.15) is 0 Å². The van der Waals surface area contributed by atoms with Gasteiger partial charge in [0.15, 0.2) is 21.9 Å². The quantitative estimate of drug-likeness (QED) is 0.726. The zero-order valence-electron chi connectivity index (χ0n) is 7.58. The van der Waals surface area contributed by atoms with Gasteiger partial charge in [-0.3, -0.25) is 0 Å². The van der Waals surface area contributed by atoms with Crippen LogP contribution < -0.4 is 0 Å². The van der Waals surface area contributed by atoms with E-state index in [1.807, 2.05) is 0 Å². The average Bonchev–Trinajstić information content (AvgIpc) is 2.60. The third-order valence-electron chi connectivity index (χ3n) is 1.82. The van der Waals surface area contributed by atoms with Crippen LogP contribution in [0.25, 0.3) is 11.5 Å². The van der Waals surface area contributed by atoms with Gasteiger partial charge in [0.05, 0.1) is 12.5 Å². The molecule has 0 N–H and O–H groups in total. The lowest BCUT2D eigenvalue weighted by molar-refractivity contribution is 0.615. The molecule has 0 saturated carbocycles. The van der Waals surface area contributed by atoms with Crippen molar-refractivity contribution in [2.24, 2.45) is 7.05 Å². The highest BCUT2D eigenvalue weighted by Gasteiger charge is 2.13. The molecule has 2 aromatic heterocycles. The SMILES string of the molecule is Cn1cncc1-c1nc(Cl)c(F)c(Cl)n1. The molecular formula is C8H5Cl2FN4. The molecule has 0 aliphatic heterocycles. The predicted molar refractivity (Wildman–Crippen MR) is 54.2 cm³/mol. The van der Waals surface area contributed by atoms with Crippen LogP contribution in [-0.4, -0.2) is 19.5 Å². The Morgan fingerprint density at radius 1 is 1.27 bits per heavy atom. The minimum absolute atomic E-state index is 0.242. The van der Waals surface area contributed by atoms with E-state index in [9.17, 15) is 4.39 Å². The summed E-state index contributed by atoms with van der Waals surface area (Å²) in [5.74, 6) is -0.573. The van der Waals surface area contributed by atoms with Crippen molar-refractivity contribution < 1.29 is 4.39 Å². The minimum Gasteiger partial charge on any atom is -0.331 e. The first kappa shape index (κ1) is 10.3. The van der Waals surface area contributed by atoms with Crippen molar-refractivity contribution in [3.05, 3.63) is 28.6 Å². The van der Waals surface area contributed by atoms with Crippen molar-refractivity contribution in [2.45, 2.75) is 0 Å². The van der Waals surface area contributed by atoms with Crippen LogP contribution in [0.3, 0.4) is 0 Å². The average molecular weight is 247 g/mol. The Labute approximate surface area is 94.7 Å². The van der Waals surface area contributed by atoms with E-state index in [1.165, 1.54) is 0 Å². The Kier molecular flexibility index (Phi) is 2.58. The molecule has 0 aliphatic carbocycles. The van der Waals surface area contributed by atoms with Crippen LogP contribution in [0.1, 0.15) is 0 Å². The monoisotopic (exact) mass is 246 g/mol. The zero-order valence-corrected chi connectivity index (χ0v) is 9.09. The summed E-state index contributed by atoms with van der Waals surface area (Å²) >= 11 is 11.1. The molecule has 4 nitrogen and oxygen atoms in total. The number of aromatic nitrogens is 4. The second kappa shape index (κ2) is 3.75. The van der Waals surface area contributed by atoms with Crippen LogP contribution in [0, 0.1) is 5.82 Å². The third-order valence-corrected chi connectivity index (χ3v) is 2.32. The van der Waals surface area contributed by atoms with E-state index in [0.29, 0.717) is 5.69 Å². The molecule has 0 atom stereocenters. The Hall–Kier alpha value is -1.20. The molecule has 0 spiro atoms. The minimum atomic E-state index is -0.816. The smallest absolute Gasteiger partial charge is 0.197 e. The fraction of sp³-hybridized carbons (Fsp3) is 0.125. The van der Waals surface area contributed by atoms with Crippen molar-refractivity contribution in [1.82, 2.24) is 19.5 Å². The molecule has 2 heterocycles. The highest BCUT2D eigenvalue weighted by molar-refractivity contribution is 6.33. The molecule has 78 valence electrons. The van der Waals surface area contributed by atoms with Crippen LogP contribution in [0.2, 0.25) is 10.3 Å². The lowest BCUT2D eigenvalue weighted by Gasteiger charge is -2.02. The Balaban J connectivity index is 2.60. The number of nitrogens with zero attached hydrogens (tertiary/aromatic N) is 4. The fourth-order valence-corrected chi connectivity index (χ4v) is 1.47. The number of hydrogen-bond acceptors (Lipinski definition) is 3. The van der Waals surface area contributed by atoms with E-state index < -0.39 is 5.82 Å². The normalized spacial score (nSPS) is 10.7. The van der Waals surface area contributed by atoms with Crippen LogP contribution in [0.15, 0.2) is 12.5 Å². The number of hydrogen-bond donors (Lipinski definition) is 0. The maximum atomic E-state index is 13.0. The standard InChI is InChI=1S/C8H5Cl2FN4/c1-15-3-12-2-4(15)8-13-6(9)5(11)7(10)14-8/h2-3H,1H3. The first-order chi connectivity index (χ1) is 7.09. The second-order valence-corrected chi connectivity index (χ2v) is 3.55. The van der Waals surface area contributed by atoms with Gasteiger partial charge < -0.3 is 4.57 Å². The highest BCUT2D eigenvalue weighted by atomic mass is 35.5. The van der Waals surface area contributed by atoms with Crippen LogP contribution >= 0.6 is 23.2 Å². The summed E-state index contributed by atoms with van der Waals surface area (Å²) in [4.78, 5) is 11.4. The fourth-order valence-electron chi connectivity index (χ4n) is 1.08. The molecule has 0 bridgehead atoms. The van der Waals surface area contributed by atoms with E-state index in [2.05, 4.69) is 15.0 Å². The van der Waals surface area contributed by atoms with Gasteiger partial charge in [0.2, 0.25) is 0 Å². The van der Waals surface area contributed by atoms with Gasteiger partial charge in [-0.1, -0.05) is 23.2 Å². The van der Waals surface area contributed by atoms with Gasteiger partial charge in [-0.15, -0.1) is 0 Å². The van der Waals surface area contributed by atoms with Crippen LogP contribution in [0.5, 0.6) is 0 Å². The summed E-state index contributed by atoms with van der Waals surface area (Å²) in [6.45, 7) is 0. The lowest BCUT2D eigenvalue weighted by atomic mass is 10.4. The number of rotatable bonds is 1. The van der Waals surface area contributed by atoms with Crippen LogP contribution in [0.4, 0.5) is 4.39 Å². The zero-order chi connectivity index (χ0) is 11.0. The largest absolute Gasteiger partial charge is 0.331 e. The molecule has 0 aromatic carbocycles. The van der Waals surface area contributed by atoms with Crippen molar-refractivity contribution in [1.29, 1.82) is 0 Å². The number of aryl methyl sites for hydroxylation is 1. The summed E-state index contributed by atoms with van der Waals surface area (Å²) < 4.78 is 14.7. The van der Waals surface area contributed by atoms with Gasteiger partial charge in [0.1, 0.15) is 5.69 Å². The topological polar surface area (TPSA) is 43.6 Å². The van der Waals surface area contributed by atoms with Gasteiger partial charge >= 0.3 is 0 Å². The molecule has 7 heteroatoms. The van der Waals surface area contributed by atoms with Gasteiger partial charge in [0.25, 0.3) is 0 Å². The molecule has 0 radical (unpaired) electrons. The molecule has 0 aliphatic rings. The summed E-state index contributed by atoms with van der Waals surface area (Å²) in [7, 11) is 1.76. The molecule has 2 aromatic rings. The molecule has 0 fully saturated rings. The van der Waals surface area contributed by atoms with Crippen molar-refractivity contribution in [2.75, 3.05) is 0 Å². The van der Waals surface area contributed by atoms with Gasteiger partial charge in [-0.05, 0) is 0 Å². The summed E-state index contributed by atoms with van der Waals surface area (Å²) in [5.41, 5.74) is 0.610. The number of halogens is 3. The maximum Gasteiger partial charge on any atom is 0.197 e. The second-order valence-electron chi connectivity index (χ2n) is 2.83. The maximum absolute atomic E-state index is 13.0. The first-order valence-electron chi connectivity index (χ1n) is 3.95. The number of imidazole rings is 1. The Morgan fingerprint density at radius 3 is 2.33 bits per heavy atom. The molecule has 2 rings (SSSR count). The van der Waals surface area contributed by atoms with E-state index in [-0.39, 0.29) is 16.1 Å². The van der Waals surface area contributed by atoms with Crippen molar-refractivity contribution >= 4 is 23.2 Å².